The van der Waals surface area contributed by atoms with Gasteiger partial charge in [-0.1, -0.05) is 113 Å². The van der Waals surface area contributed by atoms with Crippen molar-refractivity contribution in [2.45, 2.75) is 74.1 Å². The quantitative estimate of drug-likeness (QED) is 0.143. The summed E-state index contributed by atoms with van der Waals surface area (Å²) in [5.41, 5.74) is 14.9. The summed E-state index contributed by atoms with van der Waals surface area (Å²) in [6, 6.07) is 36.1. The zero-order chi connectivity index (χ0) is 35.4. The average molecular weight is 850 g/mol. The van der Waals surface area contributed by atoms with E-state index in [1.807, 2.05) is 42.7 Å². The van der Waals surface area contributed by atoms with Crippen molar-refractivity contribution in [3.63, 3.8) is 0 Å². The van der Waals surface area contributed by atoms with Gasteiger partial charge in [0.05, 0.1) is 11.1 Å². The molecule has 7 rings (SSSR count). The zero-order valence-electron chi connectivity index (χ0n) is 31.0. The summed E-state index contributed by atoms with van der Waals surface area (Å²) in [4.78, 5) is 14.3. The minimum Gasteiger partial charge on any atom is -0.513 e. The number of aryl methyl sites for hydroxylation is 3. The molecule has 0 amide bonds. The van der Waals surface area contributed by atoms with E-state index in [4.69, 9.17) is 14.4 Å². The Labute approximate surface area is 317 Å². The van der Waals surface area contributed by atoms with Gasteiger partial charge in [-0.15, -0.1) is 47.0 Å². The van der Waals surface area contributed by atoms with Gasteiger partial charge in [-0.3, -0.25) is 4.98 Å². The van der Waals surface area contributed by atoms with Crippen molar-refractivity contribution in [3.8, 4) is 22.6 Å². The van der Waals surface area contributed by atoms with Crippen molar-refractivity contribution in [3.05, 3.63) is 148 Å². The van der Waals surface area contributed by atoms with Crippen molar-refractivity contribution in [1.82, 2.24) is 15.0 Å². The van der Waals surface area contributed by atoms with Crippen LogP contribution in [0.15, 0.2) is 102 Å². The number of rotatable bonds is 8. The van der Waals surface area contributed by atoms with Gasteiger partial charge in [-0.05, 0) is 84.3 Å². The van der Waals surface area contributed by atoms with E-state index in [1.165, 1.54) is 33.4 Å². The third kappa shape index (κ3) is 8.90. The van der Waals surface area contributed by atoms with E-state index in [9.17, 15) is 0 Å². The van der Waals surface area contributed by atoms with Gasteiger partial charge in [-0.2, -0.15) is 0 Å². The molecule has 1 radical (unpaired) electrons. The number of hydrogen-bond acceptors (Lipinski definition) is 4. The maximum atomic E-state index is 6.30. The van der Waals surface area contributed by atoms with Crippen molar-refractivity contribution in [2.75, 3.05) is 0 Å². The van der Waals surface area contributed by atoms with E-state index < -0.39 is 0 Å². The maximum absolute atomic E-state index is 6.30. The molecule has 1 atom stereocenters. The molecule has 3 aromatic carbocycles. The molecule has 0 saturated heterocycles. The summed E-state index contributed by atoms with van der Waals surface area (Å²) in [5, 5.41) is 1.02. The third-order valence-electron chi connectivity index (χ3n) is 9.20. The van der Waals surface area contributed by atoms with Crippen LogP contribution in [-0.2, 0) is 32.9 Å². The smallest absolute Gasteiger partial charge is 0.119 e. The Morgan fingerprint density at radius 1 is 0.706 bits per heavy atom. The Morgan fingerprint density at radius 2 is 1.31 bits per heavy atom. The summed E-state index contributed by atoms with van der Waals surface area (Å²) < 4.78 is 6.30. The van der Waals surface area contributed by atoms with Crippen LogP contribution in [0.1, 0.15) is 79.5 Å². The van der Waals surface area contributed by atoms with Gasteiger partial charge in [0.15, 0.2) is 0 Å². The molecule has 0 aliphatic carbocycles. The molecule has 7 aromatic rings. The second kappa shape index (κ2) is 16.7. The topological polar surface area (TPSA) is 51.8 Å². The summed E-state index contributed by atoms with van der Waals surface area (Å²) in [7, 11) is 0. The number of benzene rings is 3. The monoisotopic (exact) mass is 850 g/mol. The zero-order valence-corrected chi connectivity index (χ0v) is 33.4. The van der Waals surface area contributed by atoms with Gasteiger partial charge in [0, 0.05) is 37.9 Å². The van der Waals surface area contributed by atoms with E-state index in [-0.39, 0.29) is 26.0 Å². The number of hydrogen-bond donors (Lipinski definition) is 0. The summed E-state index contributed by atoms with van der Waals surface area (Å²) in [5.74, 6) is 1.36. The van der Waals surface area contributed by atoms with Crippen molar-refractivity contribution in [2.24, 2.45) is 11.8 Å². The van der Waals surface area contributed by atoms with Crippen LogP contribution in [0.5, 0.6) is 0 Å². The molecule has 0 spiro atoms. The number of aromatic nitrogens is 3. The van der Waals surface area contributed by atoms with Crippen LogP contribution >= 0.6 is 0 Å². The average Bonchev–Trinajstić information content (AvgIpc) is 3.49. The Balaban J connectivity index is 0.000000226. The van der Waals surface area contributed by atoms with Crippen molar-refractivity contribution in [1.29, 1.82) is 0 Å². The first kappa shape index (κ1) is 37.8. The Bertz CT molecular complexity index is 2220. The number of fused-ring (bicyclic) bond motifs is 3. The molecule has 51 heavy (non-hydrogen) atoms. The van der Waals surface area contributed by atoms with Crippen LogP contribution in [-0.4, -0.2) is 15.0 Å². The molecule has 0 bridgehead atoms. The van der Waals surface area contributed by atoms with Crippen LogP contribution in [0.2, 0.25) is 0 Å². The number of pyridine rings is 3. The second-order valence-electron chi connectivity index (χ2n) is 14.4. The van der Waals surface area contributed by atoms with Gasteiger partial charge in [0.1, 0.15) is 5.58 Å². The largest absolute Gasteiger partial charge is 0.513 e. The molecule has 4 heterocycles. The first-order chi connectivity index (χ1) is 24.1. The van der Waals surface area contributed by atoms with Crippen molar-refractivity contribution < 1.29 is 24.5 Å². The number of furan rings is 1. The standard InChI is InChI=1S/C29H27N2O.C17H20N.Ir/c1-18(2)14-22-15-25(30-17-19(22)3)26-16-24(20(4)21-10-6-5-7-11-21)29-28(31-26)23-12-8-9-13-27(23)32-29;1-12(2)9-16-10-17(18-11-14(16)4)15-7-5-13(3)6-8-15;/h5-13,15,17-18,20H,14H2,1-4H3;5-7,10-12H,9H2,1-4H3;/q2*-1;. The van der Waals surface area contributed by atoms with Crippen molar-refractivity contribution >= 4 is 22.1 Å². The first-order valence-corrected chi connectivity index (χ1v) is 17.8. The van der Waals surface area contributed by atoms with Crippen LogP contribution in [0.4, 0.5) is 0 Å². The Hall–Kier alpha value is -4.44. The molecule has 0 aliphatic heterocycles. The SMILES string of the molecule is Cc1c[c-]c(-c2cc(CC(C)C)c(C)cn2)cc1.Cc1cnc(-c2[c-]c(C(C)c3ccccc3)c3oc4ccccc4c3n2)cc1CC(C)C.[Ir]. The molecule has 0 N–H and O–H groups in total. The van der Waals surface area contributed by atoms with Crippen LogP contribution in [0, 0.1) is 44.7 Å². The van der Waals surface area contributed by atoms with E-state index in [2.05, 4.69) is 127 Å². The molecule has 263 valence electrons. The van der Waals surface area contributed by atoms with Gasteiger partial charge in [-0.25, -0.2) is 0 Å². The Morgan fingerprint density at radius 3 is 1.94 bits per heavy atom. The van der Waals surface area contributed by atoms with Gasteiger partial charge >= 0.3 is 0 Å². The Kier molecular flexibility index (Phi) is 12.4. The normalized spacial score (nSPS) is 11.8. The molecule has 1 unspecified atom stereocenters. The fraction of sp³-hybridized carbons (Fsp3) is 0.283. The molecular weight excluding hydrogens is 803 g/mol. The molecular formula is C46H47IrN3O-2. The van der Waals surface area contributed by atoms with Crippen LogP contribution in [0.3, 0.4) is 0 Å². The predicted octanol–water partition coefficient (Wildman–Crippen LogP) is 11.9. The minimum atomic E-state index is 0. The van der Waals surface area contributed by atoms with Gasteiger partial charge in [0.2, 0.25) is 0 Å². The number of para-hydroxylation sites is 1. The summed E-state index contributed by atoms with van der Waals surface area (Å²) in [6.45, 7) is 17.5. The molecule has 0 fully saturated rings. The number of nitrogens with zero attached hydrogens (tertiary/aromatic N) is 3. The first-order valence-electron chi connectivity index (χ1n) is 17.8. The molecule has 0 saturated carbocycles. The summed E-state index contributed by atoms with van der Waals surface area (Å²) in [6.07, 6.45) is 6.06. The minimum absolute atomic E-state index is 0. The van der Waals surface area contributed by atoms with Crippen LogP contribution < -0.4 is 0 Å². The van der Waals surface area contributed by atoms with E-state index in [1.54, 1.807) is 0 Å². The predicted molar refractivity (Wildman–Crippen MR) is 207 cm³/mol. The van der Waals surface area contributed by atoms with Crippen LogP contribution in [0.25, 0.3) is 44.7 Å². The molecule has 0 aliphatic rings. The third-order valence-corrected chi connectivity index (χ3v) is 9.20. The summed E-state index contributed by atoms with van der Waals surface area (Å²) >= 11 is 0. The molecule has 4 nitrogen and oxygen atoms in total. The molecule has 5 heteroatoms. The van der Waals surface area contributed by atoms with E-state index in [0.29, 0.717) is 11.8 Å². The fourth-order valence-corrected chi connectivity index (χ4v) is 6.37. The van der Waals surface area contributed by atoms with Gasteiger partial charge in [0.25, 0.3) is 0 Å². The maximum Gasteiger partial charge on any atom is 0.119 e. The fourth-order valence-electron chi connectivity index (χ4n) is 6.37. The van der Waals surface area contributed by atoms with E-state index >= 15 is 0 Å². The van der Waals surface area contributed by atoms with E-state index in [0.717, 1.165) is 63.1 Å². The second-order valence-corrected chi connectivity index (χ2v) is 14.4. The van der Waals surface area contributed by atoms with Gasteiger partial charge < -0.3 is 14.4 Å². The molecule has 4 aromatic heterocycles.